The second-order valence-corrected chi connectivity index (χ2v) is 9.33. The summed E-state index contributed by atoms with van der Waals surface area (Å²) in [6, 6.07) is 15.2. The number of aryl methyl sites for hydroxylation is 1. The maximum Gasteiger partial charge on any atom is 0.416 e. The van der Waals surface area contributed by atoms with Crippen LogP contribution in [0.3, 0.4) is 0 Å². The van der Waals surface area contributed by atoms with Crippen LogP contribution in [-0.2, 0) is 21.9 Å². The van der Waals surface area contributed by atoms with Crippen molar-refractivity contribution in [3.05, 3.63) is 95.1 Å². The normalized spacial score (nSPS) is 12.4. The van der Waals surface area contributed by atoms with Crippen molar-refractivity contribution in [1.29, 1.82) is 0 Å². The number of aromatic nitrogens is 3. The lowest BCUT2D eigenvalue weighted by molar-refractivity contribution is -0.143. The van der Waals surface area contributed by atoms with Crippen molar-refractivity contribution >= 4 is 35.2 Å². The highest BCUT2D eigenvalue weighted by Crippen LogP contribution is 2.33. The third-order valence-electron chi connectivity index (χ3n) is 5.99. The number of nitrogens with one attached hydrogen (secondary N) is 3. The summed E-state index contributed by atoms with van der Waals surface area (Å²) < 4.78 is 84.8. The number of benzene rings is 3. The van der Waals surface area contributed by atoms with Crippen LogP contribution in [0.1, 0.15) is 41.6 Å². The first kappa shape index (κ1) is 31.1. The van der Waals surface area contributed by atoms with Gasteiger partial charge in [-0.05, 0) is 55.8 Å². The first-order valence-electron chi connectivity index (χ1n) is 12.9. The molecule has 1 atom stereocenters. The summed E-state index contributed by atoms with van der Waals surface area (Å²) in [4.78, 5) is 25.1. The Morgan fingerprint density at radius 3 is 1.72 bits per heavy atom. The third kappa shape index (κ3) is 8.80. The molecule has 226 valence electrons. The molecule has 0 bridgehead atoms. The molecule has 8 nitrogen and oxygen atoms in total. The van der Waals surface area contributed by atoms with Gasteiger partial charge >= 0.3 is 18.3 Å². The summed E-state index contributed by atoms with van der Waals surface area (Å²) in [5.74, 6) is -1.07. The molecule has 0 radical (unpaired) electrons. The molecule has 3 aromatic carbocycles. The van der Waals surface area contributed by atoms with E-state index in [0.717, 1.165) is 29.8 Å². The number of anilines is 5. The van der Waals surface area contributed by atoms with Gasteiger partial charge in [-0.2, -0.15) is 41.3 Å². The van der Waals surface area contributed by atoms with Crippen LogP contribution in [0.2, 0.25) is 0 Å². The molecule has 0 aliphatic heterocycles. The molecular formula is C29H26F6N6O2. The van der Waals surface area contributed by atoms with E-state index in [2.05, 4.69) is 30.9 Å². The van der Waals surface area contributed by atoms with Gasteiger partial charge < -0.3 is 20.7 Å². The minimum atomic E-state index is -4.60. The molecule has 1 heterocycles. The van der Waals surface area contributed by atoms with E-state index in [1.807, 2.05) is 19.1 Å². The van der Waals surface area contributed by atoms with Crippen molar-refractivity contribution in [3.63, 3.8) is 0 Å². The van der Waals surface area contributed by atoms with E-state index in [1.165, 1.54) is 24.3 Å². The number of hydrogen-bond acceptors (Lipinski definition) is 8. The second kappa shape index (κ2) is 13.0. The van der Waals surface area contributed by atoms with Crippen molar-refractivity contribution in [1.82, 2.24) is 15.0 Å². The van der Waals surface area contributed by atoms with E-state index in [1.54, 1.807) is 19.1 Å². The number of carbonyl (C=O) groups is 1. The van der Waals surface area contributed by atoms with Gasteiger partial charge in [0.2, 0.25) is 17.8 Å². The highest BCUT2D eigenvalue weighted by molar-refractivity contribution is 5.71. The SMILES string of the molecule is CCOC(=O)C[C@H](Nc1nc(Nc2cccc(C(F)(F)F)c2)nc(Nc2cccc(C(F)(F)F)c2)n1)c1ccc(C)cc1. The number of carbonyl (C=O) groups excluding carboxylic acids is 1. The quantitative estimate of drug-likeness (QED) is 0.125. The third-order valence-corrected chi connectivity index (χ3v) is 5.99. The Labute approximate surface area is 242 Å². The minimum absolute atomic E-state index is 0.00129. The lowest BCUT2D eigenvalue weighted by atomic mass is 10.0. The molecule has 0 aliphatic rings. The number of ether oxygens (including phenoxy) is 1. The summed E-state index contributed by atoms with van der Waals surface area (Å²) in [5, 5.41) is 8.40. The van der Waals surface area contributed by atoms with Crippen LogP contribution in [0.5, 0.6) is 0 Å². The van der Waals surface area contributed by atoms with Crippen LogP contribution < -0.4 is 16.0 Å². The highest BCUT2D eigenvalue weighted by Gasteiger charge is 2.31. The van der Waals surface area contributed by atoms with E-state index in [0.29, 0.717) is 5.56 Å². The zero-order chi connectivity index (χ0) is 31.2. The Bertz CT molecular complexity index is 1480. The molecule has 0 unspecified atom stereocenters. The summed E-state index contributed by atoms with van der Waals surface area (Å²) in [5.41, 5.74) is -0.183. The molecule has 0 aliphatic carbocycles. The summed E-state index contributed by atoms with van der Waals surface area (Å²) in [6.07, 6.45) is -9.34. The fourth-order valence-corrected chi connectivity index (χ4v) is 3.95. The zero-order valence-corrected chi connectivity index (χ0v) is 22.8. The Kier molecular flexibility index (Phi) is 9.37. The Hall–Kier alpha value is -4.88. The highest BCUT2D eigenvalue weighted by atomic mass is 19.4. The largest absolute Gasteiger partial charge is 0.466 e. The summed E-state index contributed by atoms with van der Waals surface area (Å²) in [7, 11) is 0. The van der Waals surface area contributed by atoms with Gasteiger partial charge in [-0.15, -0.1) is 0 Å². The van der Waals surface area contributed by atoms with E-state index >= 15 is 0 Å². The van der Waals surface area contributed by atoms with E-state index in [-0.39, 0.29) is 42.2 Å². The number of alkyl halides is 6. The van der Waals surface area contributed by atoms with E-state index < -0.39 is 35.5 Å². The molecule has 4 aromatic rings. The fourth-order valence-electron chi connectivity index (χ4n) is 3.95. The lowest BCUT2D eigenvalue weighted by Crippen LogP contribution is -2.19. The van der Waals surface area contributed by atoms with Crippen LogP contribution in [0.4, 0.5) is 55.6 Å². The number of rotatable bonds is 10. The molecule has 0 spiro atoms. The molecule has 43 heavy (non-hydrogen) atoms. The monoisotopic (exact) mass is 604 g/mol. The van der Waals surface area contributed by atoms with Crippen molar-refractivity contribution < 1.29 is 35.9 Å². The number of halogens is 6. The average molecular weight is 605 g/mol. The van der Waals surface area contributed by atoms with Gasteiger partial charge in [0.25, 0.3) is 0 Å². The predicted molar refractivity (Wildman–Crippen MR) is 148 cm³/mol. The van der Waals surface area contributed by atoms with Crippen LogP contribution in [0.15, 0.2) is 72.8 Å². The summed E-state index contributed by atoms with van der Waals surface area (Å²) >= 11 is 0. The van der Waals surface area contributed by atoms with Crippen molar-refractivity contribution in [2.45, 2.75) is 38.7 Å². The van der Waals surface area contributed by atoms with Gasteiger partial charge in [-0.1, -0.05) is 42.0 Å². The van der Waals surface area contributed by atoms with Gasteiger partial charge in [-0.25, -0.2) is 0 Å². The summed E-state index contributed by atoms with van der Waals surface area (Å²) in [6.45, 7) is 3.71. The smallest absolute Gasteiger partial charge is 0.416 e. The fraction of sp³-hybridized carbons (Fsp3) is 0.241. The van der Waals surface area contributed by atoms with Crippen LogP contribution in [0.25, 0.3) is 0 Å². The predicted octanol–water partition coefficient (Wildman–Crippen LogP) is 7.81. The lowest BCUT2D eigenvalue weighted by Gasteiger charge is -2.20. The Morgan fingerprint density at radius 2 is 1.26 bits per heavy atom. The molecule has 0 amide bonds. The van der Waals surface area contributed by atoms with Gasteiger partial charge in [0.15, 0.2) is 0 Å². The van der Waals surface area contributed by atoms with Crippen LogP contribution >= 0.6 is 0 Å². The number of hydrogen-bond donors (Lipinski definition) is 3. The molecular weight excluding hydrogens is 578 g/mol. The molecule has 14 heteroatoms. The molecule has 0 saturated carbocycles. The minimum Gasteiger partial charge on any atom is -0.466 e. The Morgan fingerprint density at radius 1 is 0.767 bits per heavy atom. The number of nitrogens with zero attached hydrogens (tertiary/aromatic N) is 3. The zero-order valence-electron chi connectivity index (χ0n) is 22.8. The molecule has 0 saturated heterocycles. The van der Waals surface area contributed by atoms with Gasteiger partial charge in [-0.3, -0.25) is 4.79 Å². The molecule has 1 aromatic heterocycles. The van der Waals surface area contributed by atoms with Crippen LogP contribution in [0, 0.1) is 6.92 Å². The topological polar surface area (TPSA) is 101 Å². The first-order valence-corrected chi connectivity index (χ1v) is 12.9. The molecule has 0 fully saturated rings. The van der Waals surface area contributed by atoms with Gasteiger partial charge in [0, 0.05) is 11.4 Å². The maximum absolute atomic E-state index is 13.3. The van der Waals surface area contributed by atoms with Gasteiger partial charge in [0.05, 0.1) is 30.2 Å². The van der Waals surface area contributed by atoms with Crippen LogP contribution in [-0.4, -0.2) is 27.5 Å². The second-order valence-electron chi connectivity index (χ2n) is 9.33. The van der Waals surface area contributed by atoms with Crippen molar-refractivity contribution in [2.24, 2.45) is 0 Å². The first-order chi connectivity index (χ1) is 20.3. The number of esters is 1. The Balaban J connectivity index is 1.72. The maximum atomic E-state index is 13.3. The van der Waals surface area contributed by atoms with E-state index in [4.69, 9.17) is 4.74 Å². The van der Waals surface area contributed by atoms with E-state index in [9.17, 15) is 31.1 Å². The van der Waals surface area contributed by atoms with Crippen molar-refractivity contribution in [2.75, 3.05) is 22.6 Å². The molecule has 4 rings (SSSR count). The molecule has 3 N–H and O–H groups in total. The van der Waals surface area contributed by atoms with Crippen molar-refractivity contribution in [3.8, 4) is 0 Å². The standard InChI is InChI=1S/C29H26F6N6O2/c1-3-43-24(42)16-23(18-12-10-17(2)11-13-18)38-27-40-25(36-21-8-4-6-19(14-21)28(30,31)32)39-26(41-27)37-22-9-5-7-20(15-22)29(33,34)35/h4-15,23H,3,16H2,1-2H3,(H3,36,37,38,39,40,41)/t23-/m0/s1. The van der Waals surface area contributed by atoms with Gasteiger partial charge in [0.1, 0.15) is 0 Å². The average Bonchev–Trinajstić information content (AvgIpc) is 2.92.